The molecule has 2 N–H and O–H groups in total. The van der Waals surface area contributed by atoms with Gasteiger partial charge in [-0.2, -0.15) is 5.26 Å². The van der Waals surface area contributed by atoms with Crippen molar-refractivity contribution in [3.8, 4) is 6.07 Å². The summed E-state index contributed by atoms with van der Waals surface area (Å²) in [5.74, 6) is -0.142. The molecular formula is C17H16ClN3O. The van der Waals surface area contributed by atoms with Gasteiger partial charge in [0, 0.05) is 17.3 Å². The first-order valence-corrected chi connectivity index (χ1v) is 7.26. The van der Waals surface area contributed by atoms with Crippen LogP contribution < -0.4 is 10.6 Å². The Hall–Kier alpha value is -2.35. The van der Waals surface area contributed by atoms with Gasteiger partial charge in [-0.1, -0.05) is 29.8 Å². The van der Waals surface area contributed by atoms with Crippen LogP contribution in [0.15, 0.2) is 48.5 Å². The van der Waals surface area contributed by atoms with Crippen LogP contribution in [0.2, 0.25) is 5.02 Å². The second-order valence-electron chi connectivity index (χ2n) is 4.87. The zero-order valence-electron chi connectivity index (χ0n) is 12.1. The highest BCUT2D eigenvalue weighted by Gasteiger charge is 2.12. The van der Waals surface area contributed by atoms with E-state index in [0.717, 1.165) is 5.56 Å². The third-order valence-electron chi connectivity index (χ3n) is 3.23. The Balaban J connectivity index is 1.89. The van der Waals surface area contributed by atoms with Gasteiger partial charge in [-0.05, 0) is 42.8 Å². The van der Waals surface area contributed by atoms with Gasteiger partial charge in [0.05, 0.1) is 17.7 Å². The van der Waals surface area contributed by atoms with E-state index in [9.17, 15) is 4.79 Å². The van der Waals surface area contributed by atoms with E-state index >= 15 is 0 Å². The van der Waals surface area contributed by atoms with E-state index in [2.05, 4.69) is 10.6 Å². The molecule has 0 spiro atoms. The van der Waals surface area contributed by atoms with Crippen LogP contribution in [-0.4, -0.2) is 11.9 Å². The number of hydrogen-bond donors (Lipinski definition) is 2. The zero-order valence-corrected chi connectivity index (χ0v) is 12.9. The van der Waals surface area contributed by atoms with Crippen LogP contribution >= 0.6 is 11.6 Å². The lowest BCUT2D eigenvalue weighted by molar-refractivity contribution is -0.117. The van der Waals surface area contributed by atoms with Gasteiger partial charge in [-0.25, -0.2) is 0 Å². The molecule has 5 heteroatoms. The third kappa shape index (κ3) is 4.32. The number of hydrogen-bond acceptors (Lipinski definition) is 3. The van der Waals surface area contributed by atoms with Gasteiger partial charge in [-0.3, -0.25) is 4.79 Å². The van der Waals surface area contributed by atoms with Gasteiger partial charge in [0.15, 0.2) is 0 Å². The zero-order chi connectivity index (χ0) is 15.9. The summed E-state index contributed by atoms with van der Waals surface area (Å²) in [5, 5.41) is 15.4. The molecule has 4 nitrogen and oxygen atoms in total. The number of halogens is 1. The largest absolute Gasteiger partial charge is 0.325 e. The van der Waals surface area contributed by atoms with E-state index < -0.39 is 0 Å². The Kier molecular flexibility index (Phi) is 5.54. The molecule has 2 rings (SSSR count). The third-order valence-corrected chi connectivity index (χ3v) is 3.60. The lowest BCUT2D eigenvalue weighted by Gasteiger charge is -2.14. The molecule has 2 aromatic carbocycles. The highest BCUT2D eigenvalue weighted by Crippen LogP contribution is 2.14. The number of amides is 1. The number of nitrogens with one attached hydrogen (secondary N) is 2. The van der Waals surface area contributed by atoms with Gasteiger partial charge in [0.1, 0.15) is 0 Å². The molecule has 0 aliphatic heterocycles. The number of carbonyl (C=O) groups is 1. The second kappa shape index (κ2) is 7.60. The van der Waals surface area contributed by atoms with Crippen molar-refractivity contribution in [3.05, 3.63) is 64.7 Å². The molecule has 112 valence electrons. The van der Waals surface area contributed by atoms with Gasteiger partial charge in [0.25, 0.3) is 0 Å². The standard InChI is InChI=1S/C17H16ClN3O/c1-12(20-11-14-4-2-3-5-16(14)18)17(22)21-15-8-6-13(10-19)7-9-15/h2-9,12,20H,11H2,1H3,(H,21,22)/t12-/m1/s1. The van der Waals surface area contributed by atoms with E-state index in [0.29, 0.717) is 22.8 Å². The van der Waals surface area contributed by atoms with E-state index in [-0.39, 0.29) is 11.9 Å². The first kappa shape index (κ1) is 16.0. The van der Waals surface area contributed by atoms with Gasteiger partial charge < -0.3 is 10.6 Å². The lowest BCUT2D eigenvalue weighted by Crippen LogP contribution is -2.37. The molecule has 0 aromatic heterocycles. The monoisotopic (exact) mass is 313 g/mol. The minimum Gasteiger partial charge on any atom is -0.325 e. The number of carbonyl (C=O) groups excluding carboxylic acids is 1. The second-order valence-corrected chi connectivity index (χ2v) is 5.28. The predicted octanol–water partition coefficient (Wildman–Crippen LogP) is 3.33. The Morgan fingerprint density at radius 3 is 2.55 bits per heavy atom. The summed E-state index contributed by atoms with van der Waals surface area (Å²) in [7, 11) is 0. The Morgan fingerprint density at radius 2 is 1.91 bits per heavy atom. The van der Waals surface area contributed by atoms with Crippen molar-refractivity contribution < 1.29 is 4.79 Å². The first-order valence-electron chi connectivity index (χ1n) is 6.88. The first-order chi connectivity index (χ1) is 10.6. The molecule has 0 radical (unpaired) electrons. The van der Waals surface area contributed by atoms with Crippen LogP contribution in [0.3, 0.4) is 0 Å². The number of anilines is 1. The maximum Gasteiger partial charge on any atom is 0.241 e. The average molecular weight is 314 g/mol. The Labute approximate surface area is 134 Å². The van der Waals surface area contributed by atoms with Gasteiger partial charge in [0.2, 0.25) is 5.91 Å². The van der Waals surface area contributed by atoms with Crippen molar-refractivity contribution in [1.29, 1.82) is 5.26 Å². The average Bonchev–Trinajstić information content (AvgIpc) is 2.54. The molecule has 0 unspecified atom stereocenters. The Morgan fingerprint density at radius 1 is 1.23 bits per heavy atom. The highest BCUT2D eigenvalue weighted by molar-refractivity contribution is 6.31. The summed E-state index contributed by atoms with van der Waals surface area (Å²) in [4.78, 5) is 12.1. The fourth-order valence-electron chi connectivity index (χ4n) is 1.88. The van der Waals surface area contributed by atoms with Crippen LogP contribution in [0.4, 0.5) is 5.69 Å². The van der Waals surface area contributed by atoms with Crippen LogP contribution in [0.25, 0.3) is 0 Å². The normalized spacial score (nSPS) is 11.5. The van der Waals surface area contributed by atoms with Gasteiger partial charge >= 0.3 is 0 Å². The van der Waals surface area contributed by atoms with Crippen molar-refractivity contribution in [2.75, 3.05) is 5.32 Å². The van der Waals surface area contributed by atoms with Crippen LogP contribution in [0, 0.1) is 11.3 Å². The Bertz CT molecular complexity index is 692. The molecule has 0 saturated carbocycles. The molecule has 1 amide bonds. The van der Waals surface area contributed by atoms with Crippen molar-refractivity contribution in [3.63, 3.8) is 0 Å². The van der Waals surface area contributed by atoms with Crippen molar-refractivity contribution >= 4 is 23.2 Å². The maximum atomic E-state index is 12.1. The minimum absolute atomic E-state index is 0.142. The topological polar surface area (TPSA) is 64.9 Å². The summed E-state index contributed by atoms with van der Waals surface area (Å²) in [6, 6.07) is 15.9. The number of benzene rings is 2. The molecule has 22 heavy (non-hydrogen) atoms. The smallest absolute Gasteiger partial charge is 0.241 e. The molecular weight excluding hydrogens is 298 g/mol. The molecule has 0 fully saturated rings. The molecule has 0 aliphatic carbocycles. The van der Waals surface area contributed by atoms with E-state index in [1.54, 1.807) is 31.2 Å². The van der Waals surface area contributed by atoms with Crippen molar-refractivity contribution in [1.82, 2.24) is 5.32 Å². The fraction of sp³-hybridized carbons (Fsp3) is 0.176. The molecule has 0 saturated heterocycles. The van der Waals surface area contributed by atoms with Crippen LogP contribution in [0.1, 0.15) is 18.1 Å². The summed E-state index contributed by atoms with van der Waals surface area (Å²) in [5.41, 5.74) is 2.17. The highest BCUT2D eigenvalue weighted by atomic mass is 35.5. The van der Waals surface area contributed by atoms with Crippen LogP contribution in [-0.2, 0) is 11.3 Å². The lowest BCUT2D eigenvalue weighted by atomic mass is 10.2. The molecule has 0 heterocycles. The summed E-state index contributed by atoms with van der Waals surface area (Å²) in [6.45, 7) is 2.30. The number of rotatable bonds is 5. The SMILES string of the molecule is C[C@@H](NCc1ccccc1Cl)C(=O)Nc1ccc(C#N)cc1. The quantitative estimate of drug-likeness (QED) is 0.890. The minimum atomic E-state index is -0.369. The molecule has 0 bridgehead atoms. The maximum absolute atomic E-state index is 12.1. The summed E-state index contributed by atoms with van der Waals surface area (Å²) >= 11 is 6.08. The summed E-state index contributed by atoms with van der Waals surface area (Å²) in [6.07, 6.45) is 0. The van der Waals surface area contributed by atoms with E-state index in [1.807, 2.05) is 30.3 Å². The van der Waals surface area contributed by atoms with Crippen molar-refractivity contribution in [2.45, 2.75) is 19.5 Å². The molecule has 2 aromatic rings. The number of nitriles is 1. The van der Waals surface area contributed by atoms with Crippen molar-refractivity contribution in [2.24, 2.45) is 0 Å². The van der Waals surface area contributed by atoms with E-state index in [4.69, 9.17) is 16.9 Å². The van der Waals surface area contributed by atoms with Crippen LogP contribution in [0.5, 0.6) is 0 Å². The summed E-state index contributed by atoms with van der Waals surface area (Å²) < 4.78 is 0. The van der Waals surface area contributed by atoms with Gasteiger partial charge in [-0.15, -0.1) is 0 Å². The fourth-order valence-corrected chi connectivity index (χ4v) is 2.08. The predicted molar refractivity (Wildman–Crippen MR) is 87.5 cm³/mol. The van der Waals surface area contributed by atoms with E-state index in [1.165, 1.54) is 0 Å². The molecule has 1 atom stereocenters. The molecule has 0 aliphatic rings. The number of nitrogens with zero attached hydrogens (tertiary/aromatic N) is 1.